The molecule has 0 saturated carbocycles. The minimum Gasteiger partial charge on any atom is -0.456 e. The Kier molecular flexibility index (Phi) is 4.01. The molecule has 9 heteroatoms. The first-order valence-corrected chi connectivity index (χ1v) is 9.26. The molecule has 1 heterocycles. The normalized spacial score (nSPS) is 17.8. The van der Waals surface area contributed by atoms with E-state index in [0.29, 0.717) is 4.47 Å². The molecule has 0 N–H and O–H groups in total. The number of alkyl halides is 2. The number of hydrogen-bond donors (Lipinski definition) is 0. The first-order chi connectivity index (χ1) is 10.6. The molecular weight excluding hydrogens is 465 g/mol. The number of fused-ring (bicyclic) bond motifs is 1. The van der Waals surface area contributed by atoms with Crippen LogP contribution in [0.2, 0.25) is 0 Å². The highest BCUT2D eigenvalue weighted by Crippen LogP contribution is 2.47. The molecule has 0 aromatic heterocycles. The summed E-state index contributed by atoms with van der Waals surface area (Å²) in [4.78, 5) is -0.429. The van der Waals surface area contributed by atoms with Crippen LogP contribution < -0.4 is 4.74 Å². The molecule has 0 aliphatic carbocycles. The fraction of sp³-hybridized carbons (Fsp3) is 0.143. The van der Waals surface area contributed by atoms with Gasteiger partial charge in [0.2, 0.25) is 9.84 Å². The first-order valence-electron chi connectivity index (χ1n) is 6.19. The van der Waals surface area contributed by atoms with Crippen molar-refractivity contribution in [1.29, 1.82) is 0 Å². The molecule has 0 bridgehead atoms. The lowest BCUT2D eigenvalue weighted by molar-refractivity contribution is 0.0981. The maximum atomic E-state index is 13.7. The van der Waals surface area contributed by atoms with Crippen molar-refractivity contribution in [3.05, 3.63) is 50.7 Å². The number of halogens is 5. The number of benzene rings is 2. The van der Waals surface area contributed by atoms with E-state index in [2.05, 4.69) is 31.9 Å². The van der Waals surface area contributed by atoms with Crippen molar-refractivity contribution in [2.24, 2.45) is 0 Å². The van der Waals surface area contributed by atoms with Gasteiger partial charge in [-0.3, -0.25) is 0 Å². The van der Waals surface area contributed by atoms with Crippen molar-refractivity contribution in [1.82, 2.24) is 0 Å². The lowest BCUT2D eigenvalue weighted by atomic mass is 10.1. The minimum absolute atomic E-state index is 0.0528. The van der Waals surface area contributed by atoms with E-state index in [1.165, 1.54) is 18.2 Å². The predicted molar refractivity (Wildman–Crippen MR) is 84.2 cm³/mol. The molecule has 1 aliphatic rings. The Balaban J connectivity index is 2.05. The summed E-state index contributed by atoms with van der Waals surface area (Å²) in [5.74, 6) is -0.278. The van der Waals surface area contributed by atoms with Gasteiger partial charge >= 0.3 is 5.25 Å². The van der Waals surface area contributed by atoms with Gasteiger partial charge in [-0.25, -0.2) is 12.8 Å². The van der Waals surface area contributed by atoms with Gasteiger partial charge in [-0.05, 0) is 45.8 Å². The molecule has 0 unspecified atom stereocenters. The number of hydrogen-bond acceptors (Lipinski definition) is 3. The van der Waals surface area contributed by atoms with Gasteiger partial charge in [-0.2, -0.15) is 8.78 Å². The maximum Gasteiger partial charge on any atom is 0.354 e. The Labute approximate surface area is 146 Å². The zero-order valence-corrected chi connectivity index (χ0v) is 15.1. The highest BCUT2D eigenvalue weighted by molar-refractivity contribution is 9.10. The summed E-state index contributed by atoms with van der Waals surface area (Å²) in [5.41, 5.74) is -0.0528. The molecule has 2 aromatic carbocycles. The lowest BCUT2D eigenvalue weighted by Crippen LogP contribution is -2.24. The highest BCUT2D eigenvalue weighted by atomic mass is 79.9. The largest absolute Gasteiger partial charge is 0.456 e. The van der Waals surface area contributed by atoms with Crippen LogP contribution in [0.25, 0.3) is 0 Å². The van der Waals surface area contributed by atoms with E-state index in [1.807, 2.05) is 0 Å². The molecule has 122 valence electrons. The quantitative estimate of drug-likeness (QED) is 0.614. The number of ether oxygens (including phenoxy) is 1. The third-order valence-corrected chi connectivity index (χ3v) is 6.51. The molecule has 23 heavy (non-hydrogen) atoms. The van der Waals surface area contributed by atoms with Gasteiger partial charge in [0.05, 0.1) is 15.8 Å². The molecule has 1 aliphatic heterocycles. The Hall–Kier alpha value is -1.06. The van der Waals surface area contributed by atoms with E-state index >= 15 is 0 Å². The zero-order valence-electron chi connectivity index (χ0n) is 11.1. The van der Waals surface area contributed by atoms with Crippen LogP contribution in [-0.2, 0) is 16.3 Å². The monoisotopic (exact) mass is 470 g/mol. The number of rotatable bonds is 2. The summed E-state index contributed by atoms with van der Waals surface area (Å²) in [7, 11) is -4.70. The summed E-state index contributed by atoms with van der Waals surface area (Å²) in [6, 6.07) is 6.17. The molecule has 0 fully saturated rings. The van der Waals surface area contributed by atoms with E-state index in [-0.39, 0.29) is 21.5 Å². The van der Waals surface area contributed by atoms with Gasteiger partial charge in [0.15, 0.2) is 0 Å². The topological polar surface area (TPSA) is 43.4 Å². The molecular formula is C14H7Br2F3O3S. The van der Waals surface area contributed by atoms with Gasteiger partial charge in [0, 0.05) is 10.5 Å². The molecule has 0 saturated heterocycles. The fourth-order valence-corrected chi connectivity index (χ4v) is 4.80. The Morgan fingerprint density at radius 1 is 1.13 bits per heavy atom. The molecule has 0 atom stereocenters. The van der Waals surface area contributed by atoms with Crippen molar-refractivity contribution in [3.8, 4) is 11.5 Å². The van der Waals surface area contributed by atoms with Crippen LogP contribution in [0.3, 0.4) is 0 Å². The fourth-order valence-electron chi connectivity index (χ4n) is 2.25. The van der Waals surface area contributed by atoms with Crippen LogP contribution >= 0.6 is 31.9 Å². The van der Waals surface area contributed by atoms with Crippen LogP contribution in [0.1, 0.15) is 5.56 Å². The predicted octanol–water partition coefficient (Wildman–Crippen LogP) is 5.07. The Morgan fingerprint density at radius 3 is 2.48 bits per heavy atom. The van der Waals surface area contributed by atoms with Gasteiger partial charge < -0.3 is 4.74 Å². The van der Waals surface area contributed by atoms with Crippen molar-refractivity contribution in [3.63, 3.8) is 0 Å². The Morgan fingerprint density at radius 2 is 1.83 bits per heavy atom. The molecule has 0 spiro atoms. The van der Waals surface area contributed by atoms with Gasteiger partial charge in [0.25, 0.3) is 0 Å². The average molecular weight is 472 g/mol. The van der Waals surface area contributed by atoms with E-state index < -0.39 is 32.2 Å². The third kappa shape index (κ3) is 2.78. The maximum absolute atomic E-state index is 13.7. The summed E-state index contributed by atoms with van der Waals surface area (Å²) in [5, 5.41) is -3.85. The minimum atomic E-state index is -4.70. The Bertz CT molecular complexity index is 893. The van der Waals surface area contributed by atoms with Crippen LogP contribution in [0, 0.1) is 5.82 Å². The molecule has 0 radical (unpaired) electrons. The summed E-state index contributed by atoms with van der Waals surface area (Å²) in [6.07, 6.45) is -0.935. The highest BCUT2D eigenvalue weighted by Gasteiger charge is 2.53. The van der Waals surface area contributed by atoms with Crippen molar-refractivity contribution < 1.29 is 26.3 Å². The first kappa shape index (κ1) is 16.8. The third-order valence-electron chi connectivity index (χ3n) is 3.29. The SMILES string of the molecule is O=S1(=O)c2ccc(Oc3cc(F)cc(Br)c3)c(Br)c2CC1(F)F. The van der Waals surface area contributed by atoms with Crippen molar-refractivity contribution in [2.75, 3.05) is 0 Å². The van der Waals surface area contributed by atoms with Gasteiger partial charge in [-0.15, -0.1) is 0 Å². The van der Waals surface area contributed by atoms with E-state index in [9.17, 15) is 21.6 Å². The summed E-state index contributed by atoms with van der Waals surface area (Å²) < 4.78 is 70.2. The molecule has 2 aromatic rings. The van der Waals surface area contributed by atoms with Crippen LogP contribution in [-0.4, -0.2) is 13.7 Å². The van der Waals surface area contributed by atoms with E-state index in [1.54, 1.807) is 0 Å². The second-order valence-corrected chi connectivity index (χ2v) is 8.63. The number of sulfone groups is 1. The van der Waals surface area contributed by atoms with Crippen molar-refractivity contribution in [2.45, 2.75) is 16.6 Å². The van der Waals surface area contributed by atoms with Crippen LogP contribution in [0.5, 0.6) is 11.5 Å². The second kappa shape index (κ2) is 5.49. The average Bonchev–Trinajstić information content (AvgIpc) is 2.59. The van der Waals surface area contributed by atoms with Crippen LogP contribution in [0.15, 0.2) is 44.2 Å². The standard InChI is InChI=1S/C14H7Br2F3O3S/c15-7-3-8(17)5-9(4-7)22-11-1-2-12-10(13(11)16)6-14(18,19)23(12,20)21/h1-5H,6H2. The molecule has 3 rings (SSSR count). The van der Waals surface area contributed by atoms with Gasteiger partial charge in [-0.1, -0.05) is 15.9 Å². The van der Waals surface area contributed by atoms with E-state index in [4.69, 9.17) is 4.74 Å². The smallest absolute Gasteiger partial charge is 0.354 e. The summed E-state index contributed by atoms with van der Waals surface area (Å²) >= 11 is 6.22. The summed E-state index contributed by atoms with van der Waals surface area (Å²) in [6.45, 7) is 0. The van der Waals surface area contributed by atoms with Gasteiger partial charge in [0.1, 0.15) is 17.3 Å². The molecule has 3 nitrogen and oxygen atoms in total. The van der Waals surface area contributed by atoms with Crippen molar-refractivity contribution >= 4 is 41.7 Å². The lowest BCUT2D eigenvalue weighted by Gasteiger charge is -2.10. The van der Waals surface area contributed by atoms with E-state index in [0.717, 1.165) is 12.1 Å². The molecule has 0 amide bonds. The van der Waals surface area contributed by atoms with Crippen LogP contribution in [0.4, 0.5) is 13.2 Å². The zero-order chi connectivity index (χ0) is 17.0. The second-order valence-electron chi connectivity index (χ2n) is 4.88.